The monoisotopic (exact) mass is 297 g/mol. The van der Waals surface area contributed by atoms with Crippen molar-refractivity contribution in [2.75, 3.05) is 5.75 Å². The van der Waals surface area contributed by atoms with Crippen LogP contribution >= 0.6 is 35.7 Å². The van der Waals surface area contributed by atoms with Gasteiger partial charge in [0.1, 0.15) is 3.53 Å². The molecule has 1 aromatic carbocycles. The molecule has 0 spiro atoms. The van der Waals surface area contributed by atoms with E-state index in [1.54, 1.807) is 6.07 Å². The molecule has 6 heteroatoms. The van der Waals surface area contributed by atoms with Gasteiger partial charge in [0, 0.05) is 11.5 Å². The van der Waals surface area contributed by atoms with Crippen LogP contribution in [-0.4, -0.2) is 20.4 Å². The average Bonchev–Trinajstić information content (AvgIpc) is 2.38. The SMILES string of the molecule is N#CC(CSC(=S)SCc1ccccc1)C(=O)O. The molecular formula is C12H11NO2S3. The van der Waals surface area contributed by atoms with Crippen molar-refractivity contribution < 1.29 is 9.90 Å². The van der Waals surface area contributed by atoms with Gasteiger partial charge in [0.05, 0.1) is 6.07 Å². The van der Waals surface area contributed by atoms with E-state index in [1.807, 2.05) is 30.3 Å². The van der Waals surface area contributed by atoms with Crippen molar-refractivity contribution in [2.24, 2.45) is 5.92 Å². The zero-order valence-electron chi connectivity index (χ0n) is 9.41. The zero-order valence-corrected chi connectivity index (χ0v) is 11.9. The van der Waals surface area contributed by atoms with Crippen LogP contribution in [0, 0.1) is 17.2 Å². The maximum atomic E-state index is 10.6. The van der Waals surface area contributed by atoms with Crippen molar-refractivity contribution in [2.45, 2.75) is 5.75 Å². The normalized spacial score (nSPS) is 11.5. The number of hydrogen-bond acceptors (Lipinski definition) is 5. The number of hydrogen-bond donors (Lipinski definition) is 1. The fourth-order valence-corrected chi connectivity index (χ4v) is 3.17. The fraction of sp³-hybridized carbons (Fsp3) is 0.250. The third kappa shape index (κ3) is 5.54. The maximum Gasteiger partial charge on any atom is 0.321 e. The highest BCUT2D eigenvalue weighted by atomic mass is 32.2. The van der Waals surface area contributed by atoms with E-state index in [4.69, 9.17) is 22.6 Å². The first kappa shape index (κ1) is 15.0. The van der Waals surface area contributed by atoms with Gasteiger partial charge in [0.15, 0.2) is 5.92 Å². The van der Waals surface area contributed by atoms with Crippen molar-refractivity contribution in [1.82, 2.24) is 0 Å². The largest absolute Gasteiger partial charge is 0.480 e. The molecule has 0 aliphatic heterocycles. The Kier molecular flexibility index (Phi) is 6.80. The second-order valence-electron chi connectivity index (χ2n) is 3.36. The van der Waals surface area contributed by atoms with Crippen molar-refractivity contribution in [3.63, 3.8) is 0 Å². The number of nitriles is 1. The second-order valence-corrected chi connectivity index (χ2v) is 6.55. The Labute approximate surface area is 120 Å². The van der Waals surface area contributed by atoms with Crippen LogP contribution in [0.4, 0.5) is 0 Å². The Morgan fingerprint density at radius 3 is 2.61 bits per heavy atom. The third-order valence-electron chi connectivity index (χ3n) is 2.02. The van der Waals surface area contributed by atoms with Crippen LogP contribution in [-0.2, 0) is 10.5 Å². The van der Waals surface area contributed by atoms with E-state index in [9.17, 15) is 4.79 Å². The molecule has 0 aliphatic rings. The highest BCUT2D eigenvalue weighted by Crippen LogP contribution is 2.23. The highest BCUT2D eigenvalue weighted by Gasteiger charge is 2.17. The van der Waals surface area contributed by atoms with Crippen LogP contribution in [0.2, 0.25) is 0 Å². The maximum absolute atomic E-state index is 10.6. The van der Waals surface area contributed by atoms with E-state index >= 15 is 0 Å². The summed E-state index contributed by atoms with van der Waals surface area (Å²) >= 11 is 7.86. The molecule has 0 aromatic heterocycles. The van der Waals surface area contributed by atoms with Crippen LogP contribution in [0.1, 0.15) is 5.56 Å². The predicted octanol–water partition coefficient (Wildman–Crippen LogP) is 3.16. The molecule has 0 radical (unpaired) electrons. The minimum absolute atomic E-state index is 0.201. The minimum Gasteiger partial charge on any atom is -0.480 e. The van der Waals surface area contributed by atoms with Crippen molar-refractivity contribution in [3.05, 3.63) is 35.9 Å². The lowest BCUT2D eigenvalue weighted by atomic mass is 10.2. The summed E-state index contributed by atoms with van der Waals surface area (Å²) in [6.45, 7) is 0. The van der Waals surface area contributed by atoms with Crippen LogP contribution in [0.25, 0.3) is 0 Å². The molecule has 0 bridgehead atoms. The minimum atomic E-state index is -1.10. The van der Waals surface area contributed by atoms with E-state index in [1.165, 1.54) is 29.1 Å². The summed E-state index contributed by atoms with van der Waals surface area (Å²) in [6.07, 6.45) is 0. The fourth-order valence-electron chi connectivity index (χ4n) is 1.07. The molecule has 1 rings (SSSR count). The van der Waals surface area contributed by atoms with Gasteiger partial charge in [0.25, 0.3) is 0 Å². The molecule has 0 aliphatic carbocycles. The lowest BCUT2D eigenvalue weighted by Gasteiger charge is -2.05. The summed E-state index contributed by atoms with van der Waals surface area (Å²) in [7, 11) is 0. The number of rotatable bonds is 5. The van der Waals surface area contributed by atoms with E-state index in [2.05, 4.69) is 0 Å². The Morgan fingerprint density at radius 1 is 1.39 bits per heavy atom. The number of carbonyl (C=O) groups is 1. The van der Waals surface area contributed by atoms with Crippen LogP contribution < -0.4 is 0 Å². The number of carboxylic acid groups (broad SMARTS) is 1. The van der Waals surface area contributed by atoms with E-state index < -0.39 is 11.9 Å². The molecule has 1 N–H and O–H groups in total. The molecule has 3 nitrogen and oxygen atoms in total. The number of thiocarbonyl (C=S) groups is 1. The Bertz CT molecular complexity index is 456. The molecule has 18 heavy (non-hydrogen) atoms. The number of aliphatic carboxylic acids is 1. The van der Waals surface area contributed by atoms with Crippen LogP contribution in [0.3, 0.4) is 0 Å². The highest BCUT2D eigenvalue weighted by molar-refractivity contribution is 8.46. The molecule has 1 aromatic rings. The van der Waals surface area contributed by atoms with E-state index in [-0.39, 0.29) is 5.75 Å². The van der Waals surface area contributed by atoms with E-state index in [0.717, 1.165) is 5.75 Å². The number of thioether (sulfide) groups is 2. The quantitative estimate of drug-likeness (QED) is 0.842. The van der Waals surface area contributed by atoms with Gasteiger partial charge in [-0.1, -0.05) is 42.5 Å². The van der Waals surface area contributed by atoms with Crippen molar-refractivity contribution in [1.29, 1.82) is 5.26 Å². The summed E-state index contributed by atoms with van der Waals surface area (Å²) in [5.74, 6) is -1.13. The topological polar surface area (TPSA) is 61.1 Å². The van der Waals surface area contributed by atoms with E-state index in [0.29, 0.717) is 3.53 Å². The number of nitrogens with zero attached hydrogens (tertiary/aromatic N) is 1. The summed E-state index contributed by atoms with van der Waals surface area (Å²) in [6, 6.07) is 11.6. The molecular weight excluding hydrogens is 286 g/mol. The van der Waals surface area contributed by atoms with Gasteiger partial charge in [0.2, 0.25) is 0 Å². The first-order chi connectivity index (χ1) is 8.63. The van der Waals surface area contributed by atoms with Gasteiger partial charge in [-0.25, -0.2) is 0 Å². The average molecular weight is 297 g/mol. The molecule has 1 unspecified atom stereocenters. The number of carboxylic acids is 1. The molecule has 94 valence electrons. The molecule has 0 fully saturated rings. The van der Waals surface area contributed by atoms with Crippen LogP contribution in [0.5, 0.6) is 0 Å². The lowest BCUT2D eigenvalue weighted by Crippen LogP contribution is -2.14. The lowest BCUT2D eigenvalue weighted by molar-refractivity contribution is -0.139. The molecule has 0 heterocycles. The molecule has 0 saturated carbocycles. The first-order valence-corrected chi connectivity index (χ1v) is 7.47. The predicted molar refractivity (Wildman–Crippen MR) is 79.5 cm³/mol. The number of benzene rings is 1. The molecule has 0 saturated heterocycles. The Balaban J connectivity index is 2.31. The van der Waals surface area contributed by atoms with Gasteiger partial charge in [-0.15, -0.1) is 23.5 Å². The summed E-state index contributed by atoms with van der Waals surface area (Å²) in [5, 5.41) is 17.3. The van der Waals surface area contributed by atoms with Gasteiger partial charge >= 0.3 is 5.97 Å². The third-order valence-corrected chi connectivity index (χ3v) is 4.88. The zero-order chi connectivity index (χ0) is 13.4. The second kappa shape index (κ2) is 8.14. The molecule has 0 amide bonds. The van der Waals surface area contributed by atoms with Gasteiger partial charge in [-0.3, -0.25) is 4.79 Å². The van der Waals surface area contributed by atoms with Gasteiger partial charge < -0.3 is 5.11 Å². The van der Waals surface area contributed by atoms with Gasteiger partial charge in [-0.05, 0) is 5.56 Å². The first-order valence-electron chi connectivity index (χ1n) is 5.09. The van der Waals surface area contributed by atoms with Crippen LogP contribution in [0.15, 0.2) is 30.3 Å². The standard InChI is InChI=1S/C12H11NO2S3/c13-6-10(11(14)15)8-18-12(16)17-7-9-4-2-1-3-5-9/h1-5,10H,7-8H2,(H,14,15). The van der Waals surface area contributed by atoms with Gasteiger partial charge in [-0.2, -0.15) is 5.26 Å². The summed E-state index contributed by atoms with van der Waals surface area (Å²) < 4.78 is 0.667. The molecule has 1 atom stereocenters. The Hall–Kier alpha value is -1.03. The summed E-state index contributed by atoms with van der Waals surface area (Å²) in [5.41, 5.74) is 1.17. The van der Waals surface area contributed by atoms with Crippen molar-refractivity contribution >= 4 is 45.2 Å². The van der Waals surface area contributed by atoms with Crippen molar-refractivity contribution in [3.8, 4) is 6.07 Å². The Morgan fingerprint density at radius 2 is 2.06 bits per heavy atom. The summed E-state index contributed by atoms with van der Waals surface area (Å²) in [4.78, 5) is 10.6. The smallest absolute Gasteiger partial charge is 0.321 e.